The standard InChI is InChI=1S/C14H19FN2O/c1-10-13(18)17(14(2,3)8-9-16-10)12-7-5-4-6-11(12)15/h4-7,10,16H,8-9H2,1-3H3. The highest BCUT2D eigenvalue weighted by Crippen LogP contribution is 2.30. The van der Waals surface area contributed by atoms with Crippen molar-refractivity contribution in [3.05, 3.63) is 30.1 Å². The molecule has 1 aromatic carbocycles. The van der Waals surface area contributed by atoms with Gasteiger partial charge in [-0.2, -0.15) is 0 Å². The van der Waals surface area contributed by atoms with Crippen LogP contribution >= 0.6 is 0 Å². The van der Waals surface area contributed by atoms with E-state index in [1.165, 1.54) is 6.07 Å². The lowest BCUT2D eigenvalue weighted by Crippen LogP contribution is -2.51. The van der Waals surface area contributed by atoms with Crippen LogP contribution in [0.1, 0.15) is 27.2 Å². The molecule has 1 aliphatic rings. The van der Waals surface area contributed by atoms with Gasteiger partial charge in [-0.25, -0.2) is 4.39 Å². The van der Waals surface area contributed by atoms with Crippen molar-refractivity contribution in [2.45, 2.75) is 38.8 Å². The van der Waals surface area contributed by atoms with Gasteiger partial charge >= 0.3 is 0 Å². The summed E-state index contributed by atoms with van der Waals surface area (Å²) in [5.41, 5.74) is -0.0279. The van der Waals surface area contributed by atoms with Crippen LogP contribution in [0.5, 0.6) is 0 Å². The van der Waals surface area contributed by atoms with Crippen molar-refractivity contribution in [3.63, 3.8) is 0 Å². The Bertz CT molecular complexity index is 459. The van der Waals surface area contributed by atoms with Crippen molar-refractivity contribution in [1.82, 2.24) is 5.32 Å². The topological polar surface area (TPSA) is 32.3 Å². The Morgan fingerprint density at radius 1 is 1.39 bits per heavy atom. The highest BCUT2D eigenvalue weighted by molar-refractivity contribution is 5.98. The highest BCUT2D eigenvalue weighted by atomic mass is 19.1. The van der Waals surface area contributed by atoms with Crippen LogP contribution in [-0.4, -0.2) is 24.0 Å². The van der Waals surface area contributed by atoms with Crippen molar-refractivity contribution in [2.24, 2.45) is 0 Å². The van der Waals surface area contributed by atoms with Gasteiger partial charge < -0.3 is 10.2 Å². The number of nitrogens with one attached hydrogen (secondary N) is 1. The number of benzene rings is 1. The summed E-state index contributed by atoms with van der Waals surface area (Å²) >= 11 is 0. The van der Waals surface area contributed by atoms with E-state index in [4.69, 9.17) is 0 Å². The Labute approximate surface area is 107 Å². The van der Waals surface area contributed by atoms with Gasteiger partial charge in [0, 0.05) is 5.54 Å². The zero-order chi connectivity index (χ0) is 13.3. The number of carbonyl (C=O) groups excluding carboxylic acids is 1. The second-order valence-corrected chi connectivity index (χ2v) is 5.36. The maximum atomic E-state index is 13.9. The van der Waals surface area contributed by atoms with E-state index in [0.717, 1.165) is 13.0 Å². The molecule has 4 heteroatoms. The lowest BCUT2D eigenvalue weighted by molar-refractivity contribution is -0.120. The molecule has 0 bridgehead atoms. The number of amides is 1. The van der Waals surface area contributed by atoms with Gasteiger partial charge in [0.25, 0.3) is 0 Å². The van der Waals surface area contributed by atoms with Crippen LogP contribution in [0.15, 0.2) is 24.3 Å². The molecule has 1 N–H and O–H groups in total. The molecule has 0 aliphatic carbocycles. The van der Waals surface area contributed by atoms with Crippen molar-refractivity contribution < 1.29 is 9.18 Å². The molecule has 1 saturated heterocycles. The summed E-state index contributed by atoms with van der Waals surface area (Å²) in [6, 6.07) is 6.15. The van der Waals surface area contributed by atoms with Crippen molar-refractivity contribution in [1.29, 1.82) is 0 Å². The number of hydrogen-bond acceptors (Lipinski definition) is 2. The first-order valence-corrected chi connectivity index (χ1v) is 6.25. The van der Waals surface area contributed by atoms with Crippen LogP contribution in [0.3, 0.4) is 0 Å². The van der Waals surface area contributed by atoms with E-state index < -0.39 is 5.54 Å². The zero-order valence-electron chi connectivity index (χ0n) is 11.0. The number of carbonyl (C=O) groups is 1. The molecule has 18 heavy (non-hydrogen) atoms. The predicted octanol–water partition coefficient (Wildman–Crippen LogP) is 2.32. The van der Waals surface area contributed by atoms with Crippen LogP contribution in [0, 0.1) is 5.82 Å². The first kappa shape index (κ1) is 13.0. The fourth-order valence-corrected chi connectivity index (χ4v) is 2.36. The molecule has 0 radical (unpaired) electrons. The number of hydrogen-bond donors (Lipinski definition) is 1. The largest absolute Gasteiger partial charge is 0.306 e. The van der Waals surface area contributed by atoms with Crippen molar-refractivity contribution in [2.75, 3.05) is 11.4 Å². The number of para-hydroxylation sites is 1. The summed E-state index contributed by atoms with van der Waals surface area (Å²) in [4.78, 5) is 14.0. The lowest BCUT2D eigenvalue weighted by Gasteiger charge is -2.37. The Hall–Kier alpha value is -1.42. The van der Waals surface area contributed by atoms with Crippen LogP contribution in [0.4, 0.5) is 10.1 Å². The lowest BCUT2D eigenvalue weighted by atomic mass is 9.97. The Balaban J connectivity index is 2.49. The van der Waals surface area contributed by atoms with E-state index in [2.05, 4.69) is 5.32 Å². The van der Waals surface area contributed by atoms with E-state index in [1.54, 1.807) is 23.1 Å². The summed E-state index contributed by atoms with van der Waals surface area (Å²) in [6.07, 6.45) is 0.789. The second-order valence-electron chi connectivity index (χ2n) is 5.36. The Kier molecular flexibility index (Phi) is 3.39. The van der Waals surface area contributed by atoms with Gasteiger partial charge in [-0.15, -0.1) is 0 Å². The smallest absolute Gasteiger partial charge is 0.244 e. The van der Waals surface area contributed by atoms with E-state index in [0.29, 0.717) is 5.69 Å². The maximum absolute atomic E-state index is 13.9. The normalized spacial score (nSPS) is 23.9. The second kappa shape index (κ2) is 4.69. The molecule has 3 nitrogen and oxygen atoms in total. The quantitative estimate of drug-likeness (QED) is 0.829. The van der Waals surface area contributed by atoms with Gasteiger partial charge in [0.05, 0.1) is 11.7 Å². The summed E-state index contributed by atoms with van der Waals surface area (Å²) in [7, 11) is 0. The van der Waals surface area contributed by atoms with Gasteiger partial charge in [-0.05, 0) is 45.9 Å². The fourth-order valence-electron chi connectivity index (χ4n) is 2.36. The molecule has 1 atom stereocenters. The van der Waals surface area contributed by atoms with E-state index in [1.807, 2.05) is 20.8 Å². The minimum Gasteiger partial charge on any atom is -0.306 e. The molecule has 0 saturated carbocycles. The monoisotopic (exact) mass is 250 g/mol. The molecular weight excluding hydrogens is 231 g/mol. The number of anilines is 1. The van der Waals surface area contributed by atoms with Crippen molar-refractivity contribution >= 4 is 11.6 Å². The first-order valence-electron chi connectivity index (χ1n) is 6.25. The molecule has 1 fully saturated rings. The molecule has 0 aromatic heterocycles. The molecular formula is C14H19FN2O. The number of halogens is 1. The van der Waals surface area contributed by atoms with E-state index in [9.17, 15) is 9.18 Å². The van der Waals surface area contributed by atoms with Crippen LogP contribution in [0.2, 0.25) is 0 Å². The Morgan fingerprint density at radius 2 is 2.06 bits per heavy atom. The summed E-state index contributed by atoms with van der Waals surface area (Å²) in [5.74, 6) is -0.435. The molecule has 2 rings (SSSR count). The van der Waals surface area contributed by atoms with E-state index >= 15 is 0 Å². The van der Waals surface area contributed by atoms with Gasteiger partial charge in [0.2, 0.25) is 5.91 Å². The van der Waals surface area contributed by atoms with Crippen LogP contribution in [0.25, 0.3) is 0 Å². The minimum absolute atomic E-state index is 0.0809. The SMILES string of the molecule is CC1NCCC(C)(C)N(c2ccccc2F)C1=O. The minimum atomic E-state index is -0.392. The summed E-state index contributed by atoms with van der Waals surface area (Å²) < 4.78 is 13.9. The highest BCUT2D eigenvalue weighted by Gasteiger charge is 2.37. The van der Waals surface area contributed by atoms with Gasteiger partial charge in [-0.3, -0.25) is 4.79 Å². The molecule has 0 spiro atoms. The fraction of sp³-hybridized carbons (Fsp3) is 0.500. The first-order chi connectivity index (χ1) is 8.43. The van der Waals surface area contributed by atoms with Gasteiger partial charge in [0.15, 0.2) is 0 Å². The molecule has 1 unspecified atom stereocenters. The summed E-state index contributed by atoms with van der Waals surface area (Å²) in [6.45, 7) is 6.51. The van der Waals surface area contributed by atoms with Crippen LogP contribution in [-0.2, 0) is 4.79 Å². The summed E-state index contributed by atoms with van der Waals surface area (Å²) in [5, 5.41) is 3.16. The third-order valence-electron chi connectivity index (χ3n) is 3.48. The molecule has 1 aliphatic heterocycles. The van der Waals surface area contributed by atoms with Gasteiger partial charge in [0.1, 0.15) is 5.82 Å². The molecule has 1 aromatic rings. The predicted molar refractivity (Wildman–Crippen MR) is 70.0 cm³/mol. The van der Waals surface area contributed by atoms with E-state index in [-0.39, 0.29) is 17.8 Å². The van der Waals surface area contributed by atoms with Gasteiger partial charge in [-0.1, -0.05) is 12.1 Å². The third kappa shape index (κ3) is 2.25. The third-order valence-corrected chi connectivity index (χ3v) is 3.48. The van der Waals surface area contributed by atoms with Crippen LogP contribution < -0.4 is 10.2 Å². The average molecular weight is 250 g/mol. The molecule has 1 amide bonds. The zero-order valence-corrected chi connectivity index (χ0v) is 11.0. The molecule has 1 heterocycles. The van der Waals surface area contributed by atoms with Crippen molar-refractivity contribution in [3.8, 4) is 0 Å². The maximum Gasteiger partial charge on any atom is 0.244 e. The number of nitrogens with zero attached hydrogens (tertiary/aromatic N) is 1. The molecule has 98 valence electrons. The Morgan fingerprint density at radius 3 is 2.72 bits per heavy atom. The number of rotatable bonds is 1. The average Bonchev–Trinajstić information content (AvgIpc) is 2.39.